The molecule has 3 atom stereocenters. The van der Waals surface area contributed by atoms with Gasteiger partial charge in [0.05, 0.1) is 11.7 Å². The molecule has 0 bridgehead atoms. The highest BCUT2D eigenvalue weighted by molar-refractivity contribution is 5.94. The maximum Gasteiger partial charge on any atom is 0.243 e. The van der Waals surface area contributed by atoms with Crippen LogP contribution in [-0.4, -0.2) is 23.1 Å². The van der Waals surface area contributed by atoms with Crippen molar-refractivity contribution >= 4 is 11.8 Å². The van der Waals surface area contributed by atoms with E-state index in [9.17, 15) is 4.79 Å². The van der Waals surface area contributed by atoms with E-state index in [0.717, 1.165) is 30.0 Å². The summed E-state index contributed by atoms with van der Waals surface area (Å²) < 4.78 is 5.15. The molecule has 3 unspecified atom stereocenters. The van der Waals surface area contributed by atoms with E-state index >= 15 is 0 Å². The molecule has 3 rings (SSSR count). The third-order valence-electron chi connectivity index (χ3n) is 4.86. The second-order valence-corrected chi connectivity index (χ2v) is 6.16. The van der Waals surface area contributed by atoms with E-state index in [0.29, 0.717) is 11.9 Å². The summed E-state index contributed by atoms with van der Waals surface area (Å²) in [7, 11) is 0. The molecule has 2 heterocycles. The number of nitrogens with one attached hydrogen (secondary N) is 2. The summed E-state index contributed by atoms with van der Waals surface area (Å²) in [6, 6.07) is 0.421. The first-order valence-electron chi connectivity index (χ1n) is 7.65. The molecule has 2 aliphatic rings. The summed E-state index contributed by atoms with van der Waals surface area (Å²) >= 11 is 0. The van der Waals surface area contributed by atoms with Gasteiger partial charge < -0.3 is 9.84 Å². The van der Waals surface area contributed by atoms with Crippen LogP contribution in [0.2, 0.25) is 0 Å². The number of amides is 1. The van der Waals surface area contributed by atoms with Crippen LogP contribution in [-0.2, 0) is 4.79 Å². The van der Waals surface area contributed by atoms with Crippen LogP contribution in [0.25, 0.3) is 0 Å². The Balaban J connectivity index is 1.61. The number of hydrogen-bond acceptors (Lipinski definition) is 4. The monoisotopic (exact) mass is 277 g/mol. The summed E-state index contributed by atoms with van der Waals surface area (Å²) in [5.74, 6) is 1.26. The normalized spacial score (nSPS) is 29.8. The van der Waals surface area contributed by atoms with Crippen LogP contribution in [0.1, 0.15) is 49.8 Å². The fourth-order valence-corrected chi connectivity index (χ4v) is 3.43. The Bertz CT molecular complexity index is 497. The molecule has 1 aliphatic carbocycles. The number of carbonyl (C=O) groups is 1. The quantitative estimate of drug-likeness (QED) is 0.871. The Labute approximate surface area is 119 Å². The molecule has 1 aromatic heterocycles. The molecule has 2 fully saturated rings. The summed E-state index contributed by atoms with van der Waals surface area (Å²) in [5.41, 5.74) is 1.73. The summed E-state index contributed by atoms with van der Waals surface area (Å²) in [6.07, 6.45) is 7.21. The Morgan fingerprint density at radius 3 is 2.80 bits per heavy atom. The van der Waals surface area contributed by atoms with Gasteiger partial charge in [-0.2, -0.15) is 0 Å². The highest BCUT2D eigenvalue weighted by Gasteiger charge is 2.34. The van der Waals surface area contributed by atoms with Gasteiger partial charge in [0.15, 0.2) is 0 Å². The zero-order chi connectivity index (χ0) is 14.1. The number of carbonyl (C=O) groups excluding carboxylic acids is 1. The van der Waals surface area contributed by atoms with E-state index in [1.807, 2.05) is 13.8 Å². The van der Waals surface area contributed by atoms with Gasteiger partial charge in [-0.1, -0.05) is 18.0 Å². The molecule has 5 nitrogen and oxygen atoms in total. The largest absolute Gasteiger partial charge is 0.338 e. The number of fused-ring (bicyclic) bond motifs is 1. The number of nitrogens with zero attached hydrogens (tertiary/aromatic N) is 1. The molecule has 0 spiro atoms. The lowest BCUT2D eigenvalue weighted by Gasteiger charge is -2.39. The molecule has 0 radical (unpaired) electrons. The van der Waals surface area contributed by atoms with E-state index in [1.54, 1.807) is 0 Å². The molecule has 110 valence electrons. The van der Waals surface area contributed by atoms with Gasteiger partial charge in [-0.05, 0) is 45.4 Å². The number of hydrogen-bond donors (Lipinski definition) is 2. The fraction of sp³-hybridized carbons (Fsp3) is 0.733. The smallest absolute Gasteiger partial charge is 0.243 e. The van der Waals surface area contributed by atoms with Crippen LogP contribution in [0.3, 0.4) is 0 Å². The van der Waals surface area contributed by atoms with Crippen molar-refractivity contribution in [2.24, 2.45) is 5.92 Å². The zero-order valence-corrected chi connectivity index (χ0v) is 12.2. The molecule has 20 heavy (non-hydrogen) atoms. The number of aryl methyl sites for hydroxylation is 1. The first kappa shape index (κ1) is 13.6. The molecular weight excluding hydrogens is 254 g/mol. The third-order valence-corrected chi connectivity index (χ3v) is 4.86. The van der Waals surface area contributed by atoms with Crippen molar-refractivity contribution in [2.45, 2.75) is 64.5 Å². The van der Waals surface area contributed by atoms with Crippen LogP contribution in [0, 0.1) is 19.8 Å². The molecule has 1 amide bonds. The van der Waals surface area contributed by atoms with E-state index < -0.39 is 0 Å². The Kier molecular flexibility index (Phi) is 3.78. The second kappa shape index (κ2) is 5.56. The van der Waals surface area contributed by atoms with Crippen molar-refractivity contribution in [3.05, 3.63) is 11.3 Å². The lowest BCUT2D eigenvalue weighted by Crippen LogP contribution is -2.53. The predicted octanol–water partition coefficient (Wildman–Crippen LogP) is 2.54. The molecule has 1 saturated heterocycles. The Morgan fingerprint density at radius 2 is 2.05 bits per heavy atom. The van der Waals surface area contributed by atoms with Gasteiger partial charge in [0.2, 0.25) is 11.8 Å². The van der Waals surface area contributed by atoms with Crippen LogP contribution in [0.4, 0.5) is 5.88 Å². The number of aromatic nitrogens is 1. The van der Waals surface area contributed by atoms with Gasteiger partial charge in [-0.25, -0.2) is 0 Å². The zero-order valence-electron chi connectivity index (χ0n) is 12.2. The minimum atomic E-state index is -0.0980. The van der Waals surface area contributed by atoms with Gasteiger partial charge in [0, 0.05) is 11.6 Å². The molecule has 5 heteroatoms. The SMILES string of the molecule is Cc1noc(NC(=O)C2CCC3CCCCC3N2)c1C. The topological polar surface area (TPSA) is 67.2 Å². The van der Waals surface area contributed by atoms with Crippen molar-refractivity contribution in [3.8, 4) is 0 Å². The van der Waals surface area contributed by atoms with Crippen molar-refractivity contribution in [3.63, 3.8) is 0 Å². The van der Waals surface area contributed by atoms with Gasteiger partial charge in [0.25, 0.3) is 0 Å². The molecule has 0 aromatic carbocycles. The standard InChI is InChI=1S/C15H23N3O2/c1-9-10(2)18-20-15(9)17-14(19)13-8-7-11-5-3-4-6-12(11)16-13/h11-13,16H,3-8H2,1-2H3,(H,17,19). The first-order valence-corrected chi connectivity index (χ1v) is 7.65. The summed E-state index contributed by atoms with van der Waals surface area (Å²) in [6.45, 7) is 3.78. The van der Waals surface area contributed by atoms with E-state index in [2.05, 4.69) is 15.8 Å². The lowest BCUT2D eigenvalue weighted by atomic mass is 9.77. The van der Waals surface area contributed by atoms with Crippen LogP contribution < -0.4 is 10.6 Å². The van der Waals surface area contributed by atoms with E-state index in [-0.39, 0.29) is 11.9 Å². The summed E-state index contributed by atoms with van der Waals surface area (Å²) in [5, 5.41) is 10.3. The van der Waals surface area contributed by atoms with Crippen molar-refractivity contribution in [1.82, 2.24) is 10.5 Å². The maximum atomic E-state index is 12.3. The van der Waals surface area contributed by atoms with Crippen LogP contribution >= 0.6 is 0 Å². The fourth-order valence-electron chi connectivity index (χ4n) is 3.43. The maximum absolute atomic E-state index is 12.3. The average molecular weight is 277 g/mol. The third kappa shape index (κ3) is 2.59. The predicted molar refractivity (Wildman–Crippen MR) is 76.5 cm³/mol. The number of anilines is 1. The minimum absolute atomic E-state index is 0.00766. The lowest BCUT2D eigenvalue weighted by molar-refractivity contribution is -0.119. The van der Waals surface area contributed by atoms with Gasteiger partial charge in [-0.15, -0.1) is 0 Å². The average Bonchev–Trinajstić information content (AvgIpc) is 2.78. The molecule has 1 aromatic rings. The summed E-state index contributed by atoms with van der Waals surface area (Å²) in [4.78, 5) is 12.3. The Morgan fingerprint density at radius 1 is 1.25 bits per heavy atom. The van der Waals surface area contributed by atoms with Crippen molar-refractivity contribution in [2.75, 3.05) is 5.32 Å². The Hall–Kier alpha value is -1.36. The molecule has 2 N–H and O–H groups in total. The molecule has 1 aliphatic heterocycles. The molecule has 1 saturated carbocycles. The minimum Gasteiger partial charge on any atom is -0.338 e. The van der Waals surface area contributed by atoms with Gasteiger partial charge in [-0.3, -0.25) is 10.1 Å². The van der Waals surface area contributed by atoms with E-state index in [4.69, 9.17) is 4.52 Å². The highest BCUT2D eigenvalue weighted by Crippen LogP contribution is 2.32. The highest BCUT2D eigenvalue weighted by atomic mass is 16.5. The van der Waals surface area contributed by atoms with Crippen molar-refractivity contribution < 1.29 is 9.32 Å². The van der Waals surface area contributed by atoms with Crippen LogP contribution in [0.5, 0.6) is 0 Å². The van der Waals surface area contributed by atoms with Gasteiger partial charge >= 0.3 is 0 Å². The van der Waals surface area contributed by atoms with Crippen LogP contribution in [0.15, 0.2) is 4.52 Å². The van der Waals surface area contributed by atoms with Gasteiger partial charge in [0.1, 0.15) is 0 Å². The molecular formula is C15H23N3O2. The van der Waals surface area contributed by atoms with E-state index in [1.165, 1.54) is 25.7 Å². The number of rotatable bonds is 2. The first-order chi connectivity index (χ1) is 9.65. The number of piperidine rings is 1. The van der Waals surface area contributed by atoms with Crippen molar-refractivity contribution in [1.29, 1.82) is 0 Å². The second-order valence-electron chi connectivity index (χ2n) is 6.16.